The molecule has 0 aromatic carbocycles. The van der Waals surface area contributed by atoms with Crippen LogP contribution in [0.15, 0.2) is 11.4 Å². The lowest BCUT2D eigenvalue weighted by molar-refractivity contribution is 0.416. The molecule has 2 N–H and O–H groups in total. The van der Waals surface area contributed by atoms with Crippen LogP contribution in [-0.4, -0.2) is 7.11 Å². The summed E-state index contributed by atoms with van der Waals surface area (Å²) in [5.74, 6) is 0.923. The van der Waals surface area contributed by atoms with Crippen molar-refractivity contribution in [2.75, 3.05) is 7.11 Å². The zero-order chi connectivity index (χ0) is 9.68. The van der Waals surface area contributed by atoms with Crippen molar-refractivity contribution in [2.24, 2.45) is 5.73 Å². The number of thiophene rings is 1. The van der Waals surface area contributed by atoms with Gasteiger partial charge in [0.05, 0.1) is 7.11 Å². The van der Waals surface area contributed by atoms with Crippen LogP contribution in [0.25, 0.3) is 0 Å². The molecule has 0 saturated carbocycles. The van der Waals surface area contributed by atoms with Gasteiger partial charge in [-0.15, -0.1) is 11.3 Å². The second kappa shape index (κ2) is 5.25. The van der Waals surface area contributed by atoms with E-state index >= 15 is 0 Å². The largest absolute Gasteiger partial charge is 0.496 e. The third-order valence-corrected chi connectivity index (χ3v) is 3.11. The summed E-state index contributed by atoms with van der Waals surface area (Å²) < 4.78 is 5.10. The van der Waals surface area contributed by atoms with Gasteiger partial charge in [0.25, 0.3) is 0 Å². The minimum atomic E-state index is 0.189. The highest BCUT2D eigenvalue weighted by Gasteiger charge is 2.08. The number of nitrogens with two attached hydrogens (primary N) is 1. The molecule has 0 aliphatic carbocycles. The Morgan fingerprint density at radius 2 is 2.38 bits per heavy atom. The molecule has 13 heavy (non-hydrogen) atoms. The van der Waals surface area contributed by atoms with E-state index in [1.807, 2.05) is 11.4 Å². The summed E-state index contributed by atoms with van der Waals surface area (Å²) in [4.78, 5) is 1.23. The first-order valence-corrected chi connectivity index (χ1v) is 5.54. The number of unbranched alkanes of at least 4 members (excludes halogenated alkanes) is 1. The second-order valence-corrected chi connectivity index (χ2v) is 4.08. The van der Waals surface area contributed by atoms with Gasteiger partial charge in [0.2, 0.25) is 0 Å². The van der Waals surface area contributed by atoms with Gasteiger partial charge in [-0.1, -0.05) is 19.8 Å². The monoisotopic (exact) mass is 199 g/mol. The zero-order valence-electron chi connectivity index (χ0n) is 8.25. The van der Waals surface area contributed by atoms with Crippen molar-refractivity contribution >= 4 is 11.3 Å². The summed E-state index contributed by atoms with van der Waals surface area (Å²) in [6.45, 7) is 2.18. The third kappa shape index (κ3) is 3.01. The van der Waals surface area contributed by atoms with E-state index < -0.39 is 0 Å². The molecule has 0 amide bonds. The zero-order valence-corrected chi connectivity index (χ0v) is 9.06. The molecule has 1 rings (SSSR count). The second-order valence-electron chi connectivity index (χ2n) is 3.14. The number of ether oxygens (including phenoxy) is 1. The highest BCUT2D eigenvalue weighted by atomic mass is 32.1. The Balaban J connectivity index is 2.50. The molecular weight excluding hydrogens is 182 g/mol. The van der Waals surface area contributed by atoms with E-state index in [1.54, 1.807) is 18.4 Å². The molecule has 0 fully saturated rings. The summed E-state index contributed by atoms with van der Waals surface area (Å²) in [6.07, 6.45) is 3.47. The van der Waals surface area contributed by atoms with Crippen molar-refractivity contribution in [1.82, 2.24) is 0 Å². The van der Waals surface area contributed by atoms with E-state index in [2.05, 4.69) is 6.92 Å². The average Bonchev–Trinajstić information content (AvgIpc) is 2.62. The predicted octanol–water partition coefficient (Wildman–Crippen LogP) is 2.95. The van der Waals surface area contributed by atoms with E-state index in [-0.39, 0.29) is 6.04 Å². The van der Waals surface area contributed by atoms with Crippen LogP contribution in [-0.2, 0) is 0 Å². The van der Waals surface area contributed by atoms with Crippen molar-refractivity contribution in [3.8, 4) is 5.75 Å². The highest BCUT2D eigenvalue weighted by molar-refractivity contribution is 7.10. The topological polar surface area (TPSA) is 35.2 Å². The Morgan fingerprint density at radius 3 is 2.92 bits per heavy atom. The first-order valence-electron chi connectivity index (χ1n) is 4.66. The van der Waals surface area contributed by atoms with Crippen molar-refractivity contribution in [1.29, 1.82) is 0 Å². The molecule has 0 aliphatic heterocycles. The van der Waals surface area contributed by atoms with E-state index in [0.29, 0.717) is 0 Å². The van der Waals surface area contributed by atoms with Crippen molar-refractivity contribution in [3.05, 3.63) is 16.3 Å². The summed E-state index contributed by atoms with van der Waals surface area (Å²) in [5.41, 5.74) is 6.00. The molecule has 0 saturated heterocycles. The molecule has 1 atom stereocenters. The molecule has 1 aromatic rings. The number of hydrogen-bond donors (Lipinski definition) is 1. The first kappa shape index (κ1) is 10.5. The van der Waals surface area contributed by atoms with Crippen LogP contribution >= 0.6 is 11.3 Å². The summed E-state index contributed by atoms with van der Waals surface area (Å²) >= 11 is 1.68. The van der Waals surface area contributed by atoms with Gasteiger partial charge in [-0.3, -0.25) is 0 Å². The molecule has 3 heteroatoms. The fraction of sp³-hybridized carbons (Fsp3) is 0.600. The van der Waals surface area contributed by atoms with Crippen LogP contribution < -0.4 is 10.5 Å². The fourth-order valence-corrected chi connectivity index (χ4v) is 2.10. The average molecular weight is 199 g/mol. The third-order valence-electron chi connectivity index (χ3n) is 2.07. The van der Waals surface area contributed by atoms with E-state index in [0.717, 1.165) is 12.2 Å². The lowest BCUT2D eigenvalue weighted by Gasteiger charge is -2.07. The van der Waals surface area contributed by atoms with Crippen LogP contribution in [0.5, 0.6) is 5.75 Å². The lowest BCUT2D eigenvalue weighted by atomic mass is 10.1. The Hall–Kier alpha value is -0.540. The van der Waals surface area contributed by atoms with Gasteiger partial charge in [0.1, 0.15) is 5.75 Å². The van der Waals surface area contributed by atoms with Crippen LogP contribution in [0.3, 0.4) is 0 Å². The van der Waals surface area contributed by atoms with Gasteiger partial charge in [-0.2, -0.15) is 0 Å². The standard InChI is InChI=1S/C10H17NOS/c1-3-4-5-9(11)10-6-8(12-2)7-13-10/h6-7,9H,3-5,11H2,1-2H3. The molecule has 0 bridgehead atoms. The fourth-order valence-electron chi connectivity index (χ4n) is 1.20. The van der Waals surface area contributed by atoms with E-state index in [4.69, 9.17) is 10.5 Å². The number of rotatable bonds is 5. The van der Waals surface area contributed by atoms with Crippen molar-refractivity contribution in [3.63, 3.8) is 0 Å². The quantitative estimate of drug-likeness (QED) is 0.791. The van der Waals surface area contributed by atoms with Crippen LogP contribution in [0.2, 0.25) is 0 Å². The first-order chi connectivity index (χ1) is 6.27. The summed E-state index contributed by atoms with van der Waals surface area (Å²) in [6, 6.07) is 2.22. The summed E-state index contributed by atoms with van der Waals surface area (Å²) in [7, 11) is 1.68. The molecule has 0 aliphatic rings. The predicted molar refractivity (Wildman–Crippen MR) is 57.3 cm³/mol. The molecular formula is C10H17NOS. The normalized spacial score (nSPS) is 12.8. The Bertz CT molecular complexity index is 247. The van der Waals surface area contributed by atoms with Gasteiger partial charge in [-0.05, 0) is 12.5 Å². The molecule has 1 heterocycles. The maximum Gasteiger partial charge on any atom is 0.129 e. The van der Waals surface area contributed by atoms with E-state index in [1.165, 1.54) is 17.7 Å². The molecule has 1 unspecified atom stereocenters. The van der Waals surface area contributed by atoms with Gasteiger partial charge in [0.15, 0.2) is 0 Å². The Morgan fingerprint density at radius 1 is 1.62 bits per heavy atom. The molecule has 74 valence electrons. The SMILES string of the molecule is CCCCC(N)c1cc(OC)cs1. The van der Waals surface area contributed by atoms with Crippen LogP contribution in [0, 0.1) is 0 Å². The van der Waals surface area contributed by atoms with Crippen molar-refractivity contribution < 1.29 is 4.74 Å². The molecule has 2 nitrogen and oxygen atoms in total. The molecule has 0 radical (unpaired) electrons. The van der Waals surface area contributed by atoms with Gasteiger partial charge >= 0.3 is 0 Å². The lowest BCUT2D eigenvalue weighted by Crippen LogP contribution is -2.07. The number of hydrogen-bond acceptors (Lipinski definition) is 3. The van der Waals surface area contributed by atoms with Gasteiger partial charge < -0.3 is 10.5 Å². The number of methoxy groups -OCH3 is 1. The smallest absolute Gasteiger partial charge is 0.129 e. The molecule has 1 aromatic heterocycles. The van der Waals surface area contributed by atoms with E-state index in [9.17, 15) is 0 Å². The van der Waals surface area contributed by atoms with Crippen molar-refractivity contribution in [2.45, 2.75) is 32.2 Å². The Kier molecular flexibility index (Phi) is 4.25. The van der Waals surface area contributed by atoms with Gasteiger partial charge in [-0.25, -0.2) is 0 Å². The maximum atomic E-state index is 6.00. The minimum Gasteiger partial charge on any atom is -0.496 e. The summed E-state index contributed by atoms with van der Waals surface area (Å²) in [5, 5.41) is 2.00. The Labute approximate surface area is 83.7 Å². The highest BCUT2D eigenvalue weighted by Crippen LogP contribution is 2.27. The maximum absolute atomic E-state index is 6.00. The van der Waals surface area contributed by atoms with Crippen LogP contribution in [0.1, 0.15) is 37.1 Å². The minimum absolute atomic E-state index is 0.189. The molecule has 0 spiro atoms. The van der Waals surface area contributed by atoms with Gasteiger partial charge in [0, 0.05) is 16.3 Å². The van der Waals surface area contributed by atoms with Crippen LogP contribution in [0.4, 0.5) is 0 Å².